The van der Waals surface area contributed by atoms with Crippen molar-refractivity contribution in [3.63, 3.8) is 0 Å². The summed E-state index contributed by atoms with van der Waals surface area (Å²) in [5.74, 6) is -1.81. The first-order valence-corrected chi connectivity index (χ1v) is 7.93. The number of halogens is 3. The van der Waals surface area contributed by atoms with Crippen LogP contribution in [0.2, 0.25) is 0 Å². The van der Waals surface area contributed by atoms with E-state index in [1.54, 1.807) is 13.8 Å². The van der Waals surface area contributed by atoms with Crippen LogP contribution in [0.25, 0.3) is 10.9 Å². The highest BCUT2D eigenvalue weighted by molar-refractivity contribution is 8.13. The Morgan fingerprint density at radius 3 is 2.25 bits per heavy atom. The van der Waals surface area contributed by atoms with Crippen molar-refractivity contribution in [1.29, 1.82) is 0 Å². The second kappa shape index (κ2) is 4.82. The maximum atomic E-state index is 13.9. The van der Waals surface area contributed by atoms with Crippen LogP contribution in [0.5, 0.6) is 0 Å². The largest absolute Gasteiger partial charge is 0.341 e. The molecule has 0 saturated heterocycles. The number of aromatic nitrogens is 1. The predicted octanol–water partition coefficient (Wildman–Crippen LogP) is 2.79. The second-order valence-electron chi connectivity index (χ2n) is 4.51. The van der Waals surface area contributed by atoms with E-state index in [1.165, 1.54) is 4.57 Å². The van der Waals surface area contributed by atoms with Crippen LogP contribution in [0.3, 0.4) is 0 Å². The third-order valence-electron chi connectivity index (χ3n) is 2.86. The van der Waals surface area contributed by atoms with Crippen molar-refractivity contribution in [2.24, 2.45) is 0 Å². The van der Waals surface area contributed by atoms with Crippen molar-refractivity contribution in [2.45, 2.75) is 24.8 Å². The van der Waals surface area contributed by atoms with Gasteiger partial charge in [0.25, 0.3) is 9.05 Å². The van der Waals surface area contributed by atoms with Gasteiger partial charge in [-0.25, -0.2) is 17.2 Å². The Bertz CT molecular complexity index is 859. The molecule has 0 N–H and O–H groups in total. The molecule has 1 aromatic heterocycles. The van der Waals surface area contributed by atoms with Gasteiger partial charge in [0.1, 0.15) is 16.5 Å². The van der Waals surface area contributed by atoms with Crippen LogP contribution in [0, 0.1) is 11.6 Å². The van der Waals surface area contributed by atoms with Gasteiger partial charge in [0.05, 0.1) is 10.9 Å². The zero-order chi connectivity index (χ0) is 15.2. The maximum absolute atomic E-state index is 13.9. The Morgan fingerprint density at radius 1 is 1.20 bits per heavy atom. The van der Waals surface area contributed by atoms with Crippen molar-refractivity contribution < 1.29 is 17.2 Å². The number of hydrogen-bond acceptors (Lipinski definition) is 3. The summed E-state index contributed by atoms with van der Waals surface area (Å²) in [5, 5.41) is -0.625. The fourth-order valence-corrected chi connectivity index (χ4v) is 2.86. The molecule has 20 heavy (non-hydrogen) atoms. The zero-order valence-corrected chi connectivity index (χ0v) is 12.1. The molecule has 0 aliphatic heterocycles. The SMILES string of the molecule is CC(C)n1cc(S(=O)(=O)Cl)c(=O)c2c(F)ccc(F)c21. The molecule has 8 heteroatoms. The molecule has 0 aliphatic rings. The Morgan fingerprint density at radius 2 is 1.75 bits per heavy atom. The summed E-state index contributed by atoms with van der Waals surface area (Å²) >= 11 is 0. The minimum atomic E-state index is -4.36. The van der Waals surface area contributed by atoms with Crippen molar-refractivity contribution in [1.82, 2.24) is 4.57 Å². The summed E-state index contributed by atoms with van der Waals surface area (Å²) in [6.45, 7) is 3.28. The van der Waals surface area contributed by atoms with E-state index in [1.807, 2.05) is 0 Å². The minimum absolute atomic E-state index is 0.283. The van der Waals surface area contributed by atoms with Crippen LogP contribution in [-0.4, -0.2) is 13.0 Å². The van der Waals surface area contributed by atoms with E-state index in [9.17, 15) is 22.0 Å². The lowest BCUT2D eigenvalue weighted by atomic mass is 10.1. The van der Waals surface area contributed by atoms with E-state index in [-0.39, 0.29) is 5.52 Å². The third-order valence-corrected chi connectivity index (χ3v) is 4.18. The lowest BCUT2D eigenvalue weighted by molar-refractivity contribution is 0.567. The summed E-state index contributed by atoms with van der Waals surface area (Å²) in [7, 11) is 0.815. The summed E-state index contributed by atoms with van der Waals surface area (Å²) in [6.07, 6.45) is 0.931. The van der Waals surface area contributed by atoms with Gasteiger partial charge in [0, 0.05) is 22.9 Å². The Hall–Kier alpha value is -1.47. The fourth-order valence-electron chi connectivity index (χ4n) is 1.96. The lowest BCUT2D eigenvalue weighted by Gasteiger charge is -2.16. The Balaban J connectivity index is 3.17. The van der Waals surface area contributed by atoms with E-state index in [4.69, 9.17) is 10.7 Å². The molecule has 0 atom stereocenters. The summed E-state index contributed by atoms with van der Waals surface area (Å²) < 4.78 is 51.7. The quantitative estimate of drug-likeness (QED) is 0.799. The summed E-state index contributed by atoms with van der Waals surface area (Å²) in [5.41, 5.74) is -1.43. The fraction of sp³-hybridized carbons (Fsp3) is 0.250. The highest BCUT2D eigenvalue weighted by Crippen LogP contribution is 2.24. The van der Waals surface area contributed by atoms with Gasteiger partial charge in [-0.05, 0) is 26.0 Å². The normalized spacial score (nSPS) is 12.3. The van der Waals surface area contributed by atoms with Crippen LogP contribution in [0.15, 0.2) is 28.0 Å². The van der Waals surface area contributed by atoms with E-state index >= 15 is 0 Å². The molecular weight excluding hydrogens is 312 g/mol. The van der Waals surface area contributed by atoms with Gasteiger partial charge in [-0.3, -0.25) is 4.79 Å². The van der Waals surface area contributed by atoms with E-state index in [0.717, 1.165) is 18.3 Å². The van der Waals surface area contributed by atoms with Gasteiger partial charge in [-0.15, -0.1) is 0 Å². The average Bonchev–Trinajstić information content (AvgIpc) is 2.31. The number of hydrogen-bond donors (Lipinski definition) is 0. The second-order valence-corrected chi connectivity index (χ2v) is 7.05. The molecule has 0 saturated carbocycles. The number of pyridine rings is 1. The summed E-state index contributed by atoms with van der Waals surface area (Å²) in [6, 6.07) is 1.26. The van der Waals surface area contributed by atoms with Crippen molar-refractivity contribution >= 4 is 30.6 Å². The molecule has 4 nitrogen and oxygen atoms in total. The van der Waals surface area contributed by atoms with Gasteiger partial charge in [-0.2, -0.15) is 0 Å². The molecule has 0 fully saturated rings. The van der Waals surface area contributed by atoms with Crippen molar-refractivity contribution in [2.75, 3.05) is 0 Å². The average molecular weight is 322 g/mol. The monoisotopic (exact) mass is 321 g/mol. The van der Waals surface area contributed by atoms with Crippen LogP contribution >= 0.6 is 10.7 Å². The van der Waals surface area contributed by atoms with E-state index in [2.05, 4.69) is 0 Å². The lowest BCUT2D eigenvalue weighted by Crippen LogP contribution is -2.19. The first-order chi connectivity index (χ1) is 9.14. The molecule has 2 rings (SSSR count). The number of nitrogens with zero attached hydrogens (tertiary/aromatic N) is 1. The first kappa shape index (κ1) is 14.9. The molecule has 0 aliphatic carbocycles. The highest BCUT2D eigenvalue weighted by Gasteiger charge is 2.23. The van der Waals surface area contributed by atoms with Crippen molar-refractivity contribution in [3.05, 3.63) is 40.2 Å². The smallest absolute Gasteiger partial charge is 0.266 e. The maximum Gasteiger partial charge on any atom is 0.266 e. The molecule has 0 spiro atoms. The molecule has 0 unspecified atom stereocenters. The van der Waals surface area contributed by atoms with Crippen LogP contribution < -0.4 is 5.43 Å². The van der Waals surface area contributed by atoms with Gasteiger partial charge in [0.15, 0.2) is 0 Å². The minimum Gasteiger partial charge on any atom is -0.341 e. The third kappa shape index (κ3) is 2.31. The van der Waals surface area contributed by atoms with E-state index in [0.29, 0.717) is 0 Å². The predicted molar refractivity (Wildman–Crippen MR) is 71.5 cm³/mol. The molecule has 1 aromatic carbocycles. The molecule has 2 aromatic rings. The molecule has 0 amide bonds. The Kier molecular flexibility index (Phi) is 3.60. The molecule has 108 valence electrons. The van der Waals surface area contributed by atoms with Crippen molar-refractivity contribution in [3.8, 4) is 0 Å². The van der Waals surface area contributed by atoms with Gasteiger partial charge < -0.3 is 4.57 Å². The van der Waals surface area contributed by atoms with Crippen LogP contribution in [-0.2, 0) is 9.05 Å². The summed E-state index contributed by atoms with van der Waals surface area (Å²) in [4.78, 5) is 11.3. The van der Waals surface area contributed by atoms with Gasteiger partial charge in [0.2, 0.25) is 5.43 Å². The Labute approximate surface area is 118 Å². The van der Waals surface area contributed by atoms with Crippen LogP contribution in [0.4, 0.5) is 8.78 Å². The highest BCUT2D eigenvalue weighted by atomic mass is 35.7. The number of rotatable bonds is 2. The molecule has 1 heterocycles. The topological polar surface area (TPSA) is 56.1 Å². The van der Waals surface area contributed by atoms with Crippen LogP contribution in [0.1, 0.15) is 19.9 Å². The number of benzene rings is 1. The standard InChI is InChI=1S/C12H10ClF2NO3S/c1-6(2)16-5-9(20(13,18)19)12(17)10-7(14)3-4-8(15)11(10)16/h3-6H,1-2H3. The van der Waals surface area contributed by atoms with Gasteiger partial charge >= 0.3 is 0 Å². The molecule has 0 radical (unpaired) electrons. The molecule has 0 bridgehead atoms. The van der Waals surface area contributed by atoms with E-state index < -0.39 is 42.4 Å². The first-order valence-electron chi connectivity index (χ1n) is 5.62. The zero-order valence-electron chi connectivity index (χ0n) is 10.5. The number of fused-ring (bicyclic) bond motifs is 1. The van der Waals surface area contributed by atoms with Gasteiger partial charge in [-0.1, -0.05) is 0 Å². The molecular formula is C12H10ClF2NO3S.